The van der Waals surface area contributed by atoms with Gasteiger partial charge in [-0.05, 0) is 31.5 Å². The van der Waals surface area contributed by atoms with Crippen LogP contribution < -0.4 is 4.90 Å². The molecule has 2 aromatic heterocycles. The molecule has 0 saturated heterocycles. The Balaban J connectivity index is 2.26. The standard InChI is InChI=1S/C13H15ClN4/c1-9-12(14)16-10(2)17-13(9)18(3)8-11-4-6-15-7-5-11/h4-7H,8H2,1-3H3. The normalized spacial score (nSPS) is 10.4. The number of nitrogens with zero attached hydrogens (tertiary/aromatic N) is 4. The molecule has 0 atom stereocenters. The van der Waals surface area contributed by atoms with Crippen molar-refractivity contribution in [3.8, 4) is 0 Å². The third kappa shape index (κ3) is 2.76. The molecule has 18 heavy (non-hydrogen) atoms. The zero-order valence-corrected chi connectivity index (χ0v) is 11.4. The maximum Gasteiger partial charge on any atom is 0.137 e. The Bertz CT molecular complexity index is 542. The number of rotatable bonds is 3. The lowest BCUT2D eigenvalue weighted by Gasteiger charge is -2.20. The zero-order chi connectivity index (χ0) is 13.1. The number of aryl methyl sites for hydroxylation is 1. The lowest BCUT2D eigenvalue weighted by Crippen LogP contribution is -2.19. The van der Waals surface area contributed by atoms with Crippen molar-refractivity contribution in [2.75, 3.05) is 11.9 Å². The summed E-state index contributed by atoms with van der Waals surface area (Å²) in [6.07, 6.45) is 3.57. The number of halogens is 1. The molecule has 0 amide bonds. The van der Waals surface area contributed by atoms with E-state index in [4.69, 9.17) is 11.6 Å². The van der Waals surface area contributed by atoms with Crippen molar-refractivity contribution in [3.05, 3.63) is 46.6 Å². The van der Waals surface area contributed by atoms with E-state index in [9.17, 15) is 0 Å². The smallest absolute Gasteiger partial charge is 0.137 e. The fraction of sp³-hybridized carbons (Fsp3) is 0.308. The second kappa shape index (κ2) is 5.31. The van der Waals surface area contributed by atoms with Crippen molar-refractivity contribution in [1.82, 2.24) is 15.0 Å². The van der Waals surface area contributed by atoms with Gasteiger partial charge in [0, 0.05) is 31.5 Å². The largest absolute Gasteiger partial charge is 0.355 e. The van der Waals surface area contributed by atoms with Crippen LogP contribution in [0.25, 0.3) is 0 Å². The first-order valence-corrected chi connectivity index (χ1v) is 6.06. The van der Waals surface area contributed by atoms with Crippen LogP contribution in [0.15, 0.2) is 24.5 Å². The summed E-state index contributed by atoms with van der Waals surface area (Å²) in [7, 11) is 1.99. The number of hydrogen-bond acceptors (Lipinski definition) is 4. The van der Waals surface area contributed by atoms with Crippen LogP contribution in [0.4, 0.5) is 5.82 Å². The van der Waals surface area contributed by atoms with Crippen LogP contribution in [0.5, 0.6) is 0 Å². The van der Waals surface area contributed by atoms with Crippen LogP contribution in [0.1, 0.15) is 17.0 Å². The summed E-state index contributed by atoms with van der Waals surface area (Å²) in [5.74, 6) is 1.55. The molecule has 94 valence electrons. The van der Waals surface area contributed by atoms with Crippen LogP contribution in [0.3, 0.4) is 0 Å². The van der Waals surface area contributed by atoms with Gasteiger partial charge < -0.3 is 4.90 Å². The molecule has 0 unspecified atom stereocenters. The van der Waals surface area contributed by atoms with Crippen molar-refractivity contribution in [1.29, 1.82) is 0 Å². The molecule has 5 heteroatoms. The Morgan fingerprint density at radius 3 is 2.50 bits per heavy atom. The van der Waals surface area contributed by atoms with Gasteiger partial charge in [-0.3, -0.25) is 4.98 Å². The van der Waals surface area contributed by atoms with E-state index in [2.05, 4.69) is 19.9 Å². The molecule has 2 aromatic rings. The van der Waals surface area contributed by atoms with Gasteiger partial charge in [0.1, 0.15) is 16.8 Å². The van der Waals surface area contributed by atoms with E-state index in [1.54, 1.807) is 12.4 Å². The summed E-state index contributed by atoms with van der Waals surface area (Å²) in [5.41, 5.74) is 2.08. The van der Waals surface area contributed by atoms with Gasteiger partial charge in [-0.1, -0.05) is 11.6 Å². The minimum absolute atomic E-state index is 0.513. The fourth-order valence-electron chi connectivity index (χ4n) is 1.79. The van der Waals surface area contributed by atoms with Crippen LogP contribution in [-0.4, -0.2) is 22.0 Å². The van der Waals surface area contributed by atoms with Gasteiger partial charge in [0.2, 0.25) is 0 Å². The Kier molecular flexibility index (Phi) is 3.77. The first-order chi connectivity index (χ1) is 8.58. The summed E-state index contributed by atoms with van der Waals surface area (Å²) < 4.78 is 0. The predicted octanol–water partition coefficient (Wildman–Crippen LogP) is 2.78. The summed E-state index contributed by atoms with van der Waals surface area (Å²) in [6, 6.07) is 3.98. The van der Waals surface area contributed by atoms with E-state index in [0.717, 1.165) is 17.9 Å². The predicted molar refractivity (Wildman–Crippen MR) is 72.9 cm³/mol. The lowest BCUT2D eigenvalue weighted by atomic mass is 10.2. The van der Waals surface area contributed by atoms with Crippen LogP contribution in [0, 0.1) is 13.8 Å². The fourth-order valence-corrected chi connectivity index (χ4v) is 2.00. The molecule has 0 aliphatic heterocycles. The average molecular weight is 263 g/mol. The second-order valence-electron chi connectivity index (χ2n) is 4.22. The maximum atomic E-state index is 6.08. The van der Waals surface area contributed by atoms with E-state index in [1.807, 2.05) is 33.0 Å². The van der Waals surface area contributed by atoms with E-state index < -0.39 is 0 Å². The molecule has 0 fully saturated rings. The minimum Gasteiger partial charge on any atom is -0.355 e. The molecule has 0 radical (unpaired) electrons. The Morgan fingerprint density at radius 1 is 1.17 bits per heavy atom. The lowest BCUT2D eigenvalue weighted by molar-refractivity contribution is 0.868. The van der Waals surface area contributed by atoms with Crippen molar-refractivity contribution >= 4 is 17.4 Å². The van der Waals surface area contributed by atoms with Gasteiger partial charge in [0.15, 0.2) is 0 Å². The first kappa shape index (κ1) is 12.8. The summed E-state index contributed by atoms with van der Waals surface area (Å²) in [4.78, 5) is 14.7. The van der Waals surface area contributed by atoms with E-state index in [0.29, 0.717) is 11.0 Å². The molecule has 0 aliphatic carbocycles. The van der Waals surface area contributed by atoms with E-state index >= 15 is 0 Å². The van der Waals surface area contributed by atoms with Crippen LogP contribution in [-0.2, 0) is 6.54 Å². The highest BCUT2D eigenvalue weighted by molar-refractivity contribution is 6.30. The molecule has 0 bridgehead atoms. The molecule has 0 saturated carbocycles. The molecule has 0 aromatic carbocycles. The van der Waals surface area contributed by atoms with Crippen molar-refractivity contribution < 1.29 is 0 Å². The number of pyridine rings is 1. The van der Waals surface area contributed by atoms with Gasteiger partial charge in [0.25, 0.3) is 0 Å². The Hall–Kier alpha value is -1.68. The summed E-state index contributed by atoms with van der Waals surface area (Å²) in [6.45, 7) is 4.53. The third-order valence-electron chi connectivity index (χ3n) is 2.70. The first-order valence-electron chi connectivity index (χ1n) is 5.68. The van der Waals surface area contributed by atoms with E-state index in [1.165, 1.54) is 5.56 Å². The Labute approximate surface area is 112 Å². The third-order valence-corrected chi connectivity index (χ3v) is 3.07. The summed E-state index contributed by atoms with van der Waals surface area (Å²) in [5, 5.41) is 0.513. The molecule has 4 nitrogen and oxygen atoms in total. The van der Waals surface area contributed by atoms with Crippen LogP contribution in [0.2, 0.25) is 5.15 Å². The SMILES string of the molecule is Cc1nc(Cl)c(C)c(N(C)Cc2ccncc2)n1. The van der Waals surface area contributed by atoms with Crippen molar-refractivity contribution in [2.24, 2.45) is 0 Å². The Morgan fingerprint density at radius 2 is 1.83 bits per heavy atom. The highest BCUT2D eigenvalue weighted by Crippen LogP contribution is 2.23. The number of aromatic nitrogens is 3. The molecular formula is C13H15ClN4. The zero-order valence-electron chi connectivity index (χ0n) is 10.7. The molecular weight excluding hydrogens is 248 g/mol. The molecule has 0 N–H and O–H groups in total. The second-order valence-corrected chi connectivity index (χ2v) is 4.58. The minimum atomic E-state index is 0.513. The summed E-state index contributed by atoms with van der Waals surface area (Å²) >= 11 is 6.08. The highest BCUT2D eigenvalue weighted by atomic mass is 35.5. The van der Waals surface area contributed by atoms with Gasteiger partial charge in [0.05, 0.1) is 0 Å². The molecule has 0 aliphatic rings. The quantitative estimate of drug-likeness (QED) is 0.798. The van der Waals surface area contributed by atoms with Crippen molar-refractivity contribution in [2.45, 2.75) is 20.4 Å². The molecule has 0 spiro atoms. The molecule has 2 heterocycles. The monoisotopic (exact) mass is 262 g/mol. The highest BCUT2D eigenvalue weighted by Gasteiger charge is 2.11. The van der Waals surface area contributed by atoms with Gasteiger partial charge in [-0.2, -0.15) is 0 Å². The van der Waals surface area contributed by atoms with Gasteiger partial charge in [-0.25, -0.2) is 9.97 Å². The number of anilines is 1. The van der Waals surface area contributed by atoms with E-state index in [-0.39, 0.29) is 0 Å². The van der Waals surface area contributed by atoms with Gasteiger partial charge in [-0.15, -0.1) is 0 Å². The maximum absolute atomic E-state index is 6.08. The van der Waals surface area contributed by atoms with Gasteiger partial charge >= 0.3 is 0 Å². The topological polar surface area (TPSA) is 41.9 Å². The van der Waals surface area contributed by atoms with Crippen LogP contribution >= 0.6 is 11.6 Å². The molecule has 2 rings (SSSR count). The number of hydrogen-bond donors (Lipinski definition) is 0. The average Bonchev–Trinajstić information content (AvgIpc) is 2.35. The van der Waals surface area contributed by atoms with Crippen molar-refractivity contribution in [3.63, 3.8) is 0 Å².